The summed E-state index contributed by atoms with van der Waals surface area (Å²) in [4.78, 5) is 25.6. The first-order valence-corrected chi connectivity index (χ1v) is 15.3. The van der Waals surface area contributed by atoms with Crippen molar-refractivity contribution in [1.29, 1.82) is 0 Å². The molecule has 1 aromatic heterocycles. The van der Waals surface area contributed by atoms with Crippen LogP contribution in [0.15, 0.2) is 60.8 Å². The molecule has 2 N–H and O–H groups in total. The summed E-state index contributed by atoms with van der Waals surface area (Å²) in [5.74, 6) is 1.15. The van der Waals surface area contributed by atoms with Crippen molar-refractivity contribution in [2.75, 3.05) is 18.5 Å². The number of carbonyl (C=O) groups is 2. The number of aromatic nitrogens is 2. The van der Waals surface area contributed by atoms with Crippen molar-refractivity contribution in [2.45, 2.75) is 96.7 Å². The Morgan fingerprint density at radius 1 is 1.02 bits per heavy atom. The van der Waals surface area contributed by atoms with Crippen LogP contribution in [0.4, 0.5) is 5.82 Å². The second kappa shape index (κ2) is 13.9. The number of amides is 1. The molecule has 1 unspecified atom stereocenters. The van der Waals surface area contributed by atoms with Crippen molar-refractivity contribution >= 4 is 17.7 Å². The first-order chi connectivity index (χ1) is 20.2. The molecular weight excluding hydrogens is 528 g/mol. The molecule has 0 saturated heterocycles. The van der Waals surface area contributed by atoms with E-state index in [0.29, 0.717) is 31.6 Å². The van der Waals surface area contributed by atoms with Gasteiger partial charge in [-0.2, -0.15) is 5.10 Å². The number of esters is 1. The van der Waals surface area contributed by atoms with E-state index >= 15 is 0 Å². The molecule has 0 radical (unpaired) electrons. The number of carbonyl (C=O) groups excluding carboxylic acids is 2. The van der Waals surface area contributed by atoms with Crippen molar-refractivity contribution in [1.82, 2.24) is 15.1 Å². The van der Waals surface area contributed by atoms with Crippen LogP contribution in [0.3, 0.4) is 0 Å². The fraction of sp³-hybridized carbons (Fsp3) is 0.500. The minimum atomic E-state index is -0.546. The molecule has 4 rings (SSSR count). The number of benzene rings is 2. The Kier molecular flexibility index (Phi) is 10.3. The zero-order valence-electron chi connectivity index (χ0n) is 25.7. The largest absolute Gasteiger partial charge is 0.494 e. The van der Waals surface area contributed by atoms with Crippen LogP contribution in [-0.4, -0.2) is 34.9 Å². The standard InChI is InChI=1S/C34H46N4O4/c1-6-9-21-42-30(39)16-13-22-41-27-19-17-26(18-20-27)34(7-2,8-3)37-32(40)28-24-35-38-31(28)36-29(23-33(38,4)5)25-14-11-10-12-15-25/h10-12,14-15,17-20,24,29,36H,6-9,13,16,21-23H2,1-5H3,(H,37,40). The number of hydrogen-bond donors (Lipinski definition) is 2. The van der Waals surface area contributed by atoms with Gasteiger partial charge in [0, 0.05) is 6.42 Å². The lowest BCUT2D eigenvalue weighted by atomic mass is 9.84. The Morgan fingerprint density at radius 3 is 2.40 bits per heavy atom. The highest BCUT2D eigenvalue weighted by molar-refractivity contribution is 5.99. The van der Waals surface area contributed by atoms with Crippen LogP contribution in [0.5, 0.6) is 5.75 Å². The first-order valence-electron chi connectivity index (χ1n) is 15.3. The average Bonchev–Trinajstić information content (AvgIpc) is 3.44. The molecule has 1 amide bonds. The number of nitrogens with one attached hydrogen (secondary N) is 2. The summed E-state index contributed by atoms with van der Waals surface area (Å²) in [5, 5.41) is 11.6. The monoisotopic (exact) mass is 574 g/mol. The summed E-state index contributed by atoms with van der Waals surface area (Å²) in [7, 11) is 0. The molecule has 0 aliphatic carbocycles. The van der Waals surface area contributed by atoms with Crippen molar-refractivity contribution in [2.24, 2.45) is 0 Å². The van der Waals surface area contributed by atoms with Crippen molar-refractivity contribution in [3.63, 3.8) is 0 Å². The van der Waals surface area contributed by atoms with E-state index in [4.69, 9.17) is 9.47 Å². The summed E-state index contributed by atoms with van der Waals surface area (Å²) in [6, 6.07) is 18.3. The highest BCUT2D eigenvalue weighted by atomic mass is 16.5. The van der Waals surface area contributed by atoms with Gasteiger partial charge in [-0.25, -0.2) is 4.68 Å². The predicted octanol–water partition coefficient (Wildman–Crippen LogP) is 7.12. The lowest BCUT2D eigenvalue weighted by molar-refractivity contribution is -0.144. The molecule has 226 valence electrons. The molecule has 0 spiro atoms. The number of unbranched alkanes of at least 4 members (excludes halogenated alkanes) is 1. The van der Waals surface area contributed by atoms with E-state index in [9.17, 15) is 9.59 Å². The maximum Gasteiger partial charge on any atom is 0.305 e. The molecular formula is C34H46N4O4. The Bertz CT molecular complexity index is 1310. The lowest BCUT2D eigenvalue weighted by Gasteiger charge is -2.38. The Hall–Kier alpha value is -3.81. The molecule has 3 aromatic rings. The number of rotatable bonds is 14. The molecule has 2 heterocycles. The maximum absolute atomic E-state index is 13.9. The van der Waals surface area contributed by atoms with Gasteiger partial charge in [-0.15, -0.1) is 0 Å². The van der Waals surface area contributed by atoms with E-state index in [1.807, 2.05) is 47.1 Å². The Morgan fingerprint density at radius 2 is 1.74 bits per heavy atom. The third-order valence-corrected chi connectivity index (χ3v) is 8.33. The summed E-state index contributed by atoms with van der Waals surface area (Å²) in [5.41, 5.74) is 1.95. The molecule has 0 bridgehead atoms. The molecule has 1 aliphatic rings. The van der Waals surface area contributed by atoms with Gasteiger partial charge in [0.05, 0.1) is 36.5 Å². The molecule has 8 heteroatoms. The Labute approximate surface area is 250 Å². The van der Waals surface area contributed by atoms with Crippen molar-refractivity contribution in [3.8, 4) is 5.75 Å². The van der Waals surface area contributed by atoms with Crippen LogP contribution < -0.4 is 15.4 Å². The minimum absolute atomic E-state index is 0.0818. The minimum Gasteiger partial charge on any atom is -0.494 e. The van der Waals surface area contributed by atoms with Gasteiger partial charge in [-0.3, -0.25) is 9.59 Å². The number of anilines is 1. The average molecular weight is 575 g/mol. The number of ether oxygens (including phenoxy) is 2. The van der Waals surface area contributed by atoms with Gasteiger partial charge in [0.2, 0.25) is 0 Å². The van der Waals surface area contributed by atoms with Gasteiger partial charge in [0.1, 0.15) is 17.1 Å². The zero-order chi connectivity index (χ0) is 30.2. The third kappa shape index (κ3) is 7.15. The third-order valence-electron chi connectivity index (χ3n) is 8.33. The maximum atomic E-state index is 13.9. The second-order valence-electron chi connectivity index (χ2n) is 11.7. The lowest BCUT2D eigenvalue weighted by Crippen LogP contribution is -2.45. The molecule has 1 aliphatic heterocycles. The molecule has 0 saturated carbocycles. The van der Waals surface area contributed by atoms with Gasteiger partial charge in [-0.1, -0.05) is 69.7 Å². The SMILES string of the molecule is CCCCOC(=O)CCCOc1ccc(C(CC)(CC)NC(=O)c2cnn3c2NC(c2ccccc2)CC3(C)C)cc1. The molecule has 1 atom stereocenters. The Balaban J connectivity index is 1.43. The highest BCUT2D eigenvalue weighted by Crippen LogP contribution is 2.40. The topological polar surface area (TPSA) is 94.5 Å². The molecule has 42 heavy (non-hydrogen) atoms. The van der Waals surface area contributed by atoms with Crippen LogP contribution in [-0.2, 0) is 20.6 Å². The van der Waals surface area contributed by atoms with Gasteiger partial charge in [0.25, 0.3) is 5.91 Å². The van der Waals surface area contributed by atoms with Crippen LogP contribution in [0, 0.1) is 0 Å². The summed E-state index contributed by atoms with van der Waals surface area (Å²) in [6.45, 7) is 11.5. The van der Waals surface area contributed by atoms with Crippen LogP contribution in [0.2, 0.25) is 0 Å². The van der Waals surface area contributed by atoms with E-state index in [-0.39, 0.29) is 23.5 Å². The normalized spacial score (nSPS) is 15.8. The van der Waals surface area contributed by atoms with Gasteiger partial charge >= 0.3 is 5.97 Å². The first kappa shape index (κ1) is 31.1. The van der Waals surface area contributed by atoms with Crippen LogP contribution in [0.1, 0.15) is 107 Å². The summed E-state index contributed by atoms with van der Waals surface area (Å²) in [6.07, 6.45) is 6.83. The van der Waals surface area contributed by atoms with Crippen molar-refractivity contribution in [3.05, 3.63) is 77.5 Å². The predicted molar refractivity (Wildman–Crippen MR) is 166 cm³/mol. The van der Waals surface area contributed by atoms with E-state index in [0.717, 1.165) is 49.2 Å². The molecule has 2 aromatic carbocycles. The van der Waals surface area contributed by atoms with E-state index in [1.165, 1.54) is 5.56 Å². The number of fused-ring (bicyclic) bond motifs is 1. The fourth-order valence-corrected chi connectivity index (χ4v) is 5.67. The second-order valence-corrected chi connectivity index (χ2v) is 11.7. The molecule has 8 nitrogen and oxygen atoms in total. The number of hydrogen-bond acceptors (Lipinski definition) is 6. The van der Waals surface area contributed by atoms with Crippen molar-refractivity contribution < 1.29 is 19.1 Å². The van der Waals surface area contributed by atoms with Gasteiger partial charge in [0.15, 0.2) is 0 Å². The summed E-state index contributed by atoms with van der Waals surface area (Å²) >= 11 is 0. The summed E-state index contributed by atoms with van der Waals surface area (Å²) < 4.78 is 13.0. The highest BCUT2D eigenvalue weighted by Gasteiger charge is 2.38. The molecule has 0 fully saturated rings. The van der Waals surface area contributed by atoms with Gasteiger partial charge in [-0.05, 0) is 69.2 Å². The zero-order valence-corrected chi connectivity index (χ0v) is 25.7. The smallest absolute Gasteiger partial charge is 0.305 e. The van der Waals surface area contributed by atoms with Crippen LogP contribution in [0.25, 0.3) is 0 Å². The number of nitrogens with zero attached hydrogens (tertiary/aromatic N) is 2. The van der Waals surface area contributed by atoms with E-state index < -0.39 is 5.54 Å². The quantitative estimate of drug-likeness (QED) is 0.157. The fourth-order valence-electron chi connectivity index (χ4n) is 5.67. The van der Waals surface area contributed by atoms with E-state index in [2.05, 4.69) is 62.5 Å². The van der Waals surface area contributed by atoms with E-state index in [1.54, 1.807) is 6.20 Å². The van der Waals surface area contributed by atoms with Crippen LogP contribution >= 0.6 is 0 Å². The van der Waals surface area contributed by atoms with Gasteiger partial charge < -0.3 is 20.1 Å².